The number of imidazole rings is 1. The van der Waals surface area contributed by atoms with Gasteiger partial charge in [-0.2, -0.15) is 13.2 Å². The number of pyridine rings is 1. The number of nitrogens with two attached hydrogens (primary N) is 1. The second kappa shape index (κ2) is 5.13. The Morgan fingerprint density at radius 3 is 2.44 bits per heavy atom. The second-order valence-electron chi connectivity index (χ2n) is 3.04. The van der Waals surface area contributed by atoms with E-state index in [2.05, 4.69) is 4.98 Å². The zero-order chi connectivity index (χ0) is 13.9. The van der Waals surface area contributed by atoms with Crippen LogP contribution in [0.1, 0.15) is 0 Å². The molecule has 0 aliphatic rings. The van der Waals surface area contributed by atoms with Crippen molar-refractivity contribution >= 4 is 28.9 Å². The summed E-state index contributed by atoms with van der Waals surface area (Å²) < 4.78 is 33.5. The molecule has 0 unspecified atom stereocenters. The molecule has 0 radical (unpaired) electrons. The molecular formula is C9H7ClF3N3O2. The number of alkyl halides is 3. The lowest BCUT2D eigenvalue weighted by molar-refractivity contribution is -0.192. The predicted octanol–water partition coefficient (Wildman–Crippen LogP) is 2.20. The van der Waals surface area contributed by atoms with E-state index in [1.807, 2.05) is 12.1 Å². The number of halogens is 4. The minimum absolute atomic E-state index is 0.484. The molecule has 98 valence electrons. The van der Waals surface area contributed by atoms with Crippen LogP contribution in [0.3, 0.4) is 0 Å². The van der Waals surface area contributed by atoms with E-state index in [1.54, 1.807) is 16.8 Å². The molecule has 9 heteroatoms. The van der Waals surface area contributed by atoms with Crippen LogP contribution in [0, 0.1) is 0 Å². The van der Waals surface area contributed by atoms with Gasteiger partial charge in [-0.15, -0.1) is 0 Å². The molecule has 2 aromatic rings. The van der Waals surface area contributed by atoms with Crippen molar-refractivity contribution in [2.24, 2.45) is 0 Å². The Hall–Kier alpha value is -1.96. The van der Waals surface area contributed by atoms with Gasteiger partial charge >= 0.3 is 12.1 Å². The number of carbonyl (C=O) groups is 1. The quantitative estimate of drug-likeness (QED) is 0.776. The lowest BCUT2D eigenvalue weighted by Crippen LogP contribution is -2.21. The van der Waals surface area contributed by atoms with E-state index in [4.69, 9.17) is 27.2 Å². The minimum atomic E-state index is -5.08. The molecule has 5 nitrogen and oxygen atoms in total. The van der Waals surface area contributed by atoms with Gasteiger partial charge in [0.1, 0.15) is 12.1 Å². The van der Waals surface area contributed by atoms with Gasteiger partial charge in [0.25, 0.3) is 0 Å². The number of hydrogen-bond acceptors (Lipinski definition) is 3. The summed E-state index contributed by atoms with van der Waals surface area (Å²) in [5.74, 6) is -2.12. The first-order valence-corrected chi connectivity index (χ1v) is 4.78. The molecule has 0 spiro atoms. The molecule has 0 saturated carbocycles. The third-order valence-corrected chi connectivity index (χ3v) is 2.09. The molecule has 0 saturated heterocycles. The highest BCUT2D eigenvalue weighted by Gasteiger charge is 2.38. The fraction of sp³-hybridized carbons (Fsp3) is 0.111. The van der Waals surface area contributed by atoms with Crippen molar-refractivity contribution in [2.75, 3.05) is 5.73 Å². The van der Waals surface area contributed by atoms with E-state index in [-0.39, 0.29) is 0 Å². The Kier molecular flexibility index (Phi) is 4.02. The van der Waals surface area contributed by atoms with Gasteiger partial charge in [0.15, 0.2) is 5.15 Å². The fourth-order valence-electron chi connectivity index (χ4n) is 1.01. The highest BCUT2D eigenvalue weighted by Crippen LogP contribution is 2.17. The maximum absolute atomic E-state index is 10.6. The van der Waals surface area contributed by atoms with Crippen LogP contribution < -0.4 is 5.73 Å². The van der Waals surface area contributed by atoms with Crippen molar-refractivity contribution < 1.29 is 23.1 Å². The van der Waals surface area contributed by atoms with Gasteiger partial charge in [-0.05, 0) is 12.1 Å². The number of carboxylic acid groups (broad SMARTS) is 1. The summed E-state index contributed by atoms with van der Waals surface area (Å²) >= 11 is 5.76. The molecule has 0 amide bonds. The smallest absolute Gasteiger partial charge is 0.475 e. The van der Waals surface area contributed by atoms with Crippen molar-refractivity contribution in [3.63, 3.8) is 0 Å². The Balaban J connectivity index is 0.000000203. The largest absolute Gasteiger partial charge is 0.490 e. The normalized spacial score (nSPS) is 10.9. The maximum atomic E-state index is 10.6. The van der Waals surface area contributed by atoms with Gasteiger partial charge in [-0.1, -0.05) is 17.7 Å². The number of anilines is 1. The van der Waals surface area contributed by atoms with Gasteiger partial charge in [-0.25, -0.2) is 9.78 Å². The predicted molar refractivity (Wildman–Crippen MR) is 58.3 cm³/mol. The van der Waals surface area contributed by atoms with Crippen molar-refractivity contribution in [3.05, 3.63) is 29.7 Å². The molecule has 0 aliphatic heterocycles. The van der Waals surface area contributed by atoms with E-state index in [9.17, 15) is 13.2 Å². The highest BCUT2D eigenvalue weighted by molar-refractivity contribution is 6.32. The first kappa shape index (κ1) is 14.1. The monoisotopic (exact) mass is 281 g/mol. The van der Waals surface area contributed by atoms with Crippen LogP contribution >= 0.6 is 11.6 Å². The summed E-state index contributed by atoms with van der Waals surface area (Å²) in [7, 11) is 0. The van der Waals surface area contributed by atoms with Crippen LogP contribution in [-0.4, -0.2) is 26.6 Å². The topological polar surface area (TPSA) is 80.6 Å². The summed E-state index contributed by atoms with van der Waals surface area (Å²) in [6, 6.07) is 5.51. The average Bonchev–Trinajstić information content (AvgIpc) is 2.62. The van der Waals surface area contributed by atoms with Crippen molar-refractivity contribution in [2.45, 2.75) is 6.18 Å². The van der Waals surface area contributed by atoms with Gasteiger partial charge < -0.3 is 10.8 Å². The minimum Gasteiger partial charge on any atom is -0.475 e. The summed E-state index contributed by atoms with van der Waals surface area (Å²) in [6.45, 7) is 0. The SMILES string of the molecule is Nc1cccc2c(Cl)ncn12.O=C(O)C(F)(F)F. The zero-order valence-corrected chi connectivity index (χ0v) is 9.40. The van der Waals surface area contributed by atoms with Crippen LogP contribution in [0.15, 0.2) is 24.5 Å². The molecule has 0 aromatic carbocycles. The Bertz CT molecular complexity index is 568. The van der Waals surface area contributed by atoms with Gasteiger partial charge in [-0.3, -0.25) is 4.40 Å². The van der Waals surface area contributed by atoms with Crippen molar-refractivity contribution in [1.82, 2.24) is 9.38 Å². The maximum Gasteiger partial charge on any atom is 0.490 e. The summed E-state index contributed by atoms with van der Waals surface area (Å²) in [4.78, 5) is 12.8. The van der Waals surface area contributed by atoms with Gasteiger partial charge in [0, 0.05) is 0 Å². The second-order valence-corrected chi connectivity index (χ2v) is 3.40. The number of nitrogens with zero attached hydrogens (tertiary/aromatic N) is 2. The molecule has 0 aliphatic carbocycles. The van der Waals surface area contributed by atoms with E-state index in [1.165, 1.54) is 0 Å². The number of rotatable bonds is 0. The third kappa shape index (κ3) is 3.27. The molecule has 0 bridgehead atoms. The van der Waals surface area contributed by atoms with Crippen molar-refractivity contribution in [3.8, 4) is 0 Å². The summed E-state index contributed by atoms with van der Waals surface area (Å²) in [5.41, 5.74) is 6.47. The van der Waals surface area contributed by atoms with Gasteiger partial charge in [0.05, 0.1) is 5.52 Å². The van der Waals surface area contributed by atoms with Crippen LogP contribution in [0.25, 0.3) is 5.52 Å². The third-order valence-electron chi connectivity index (χ3n) is 1.80. The molecule has 0 fully saturated rings. The fourth-order valence-corrected chi connectivity index (χ4v) is 1.21. The van der Waals surface area contributed by atoms with Crippen LogP contribution in [0.4, 0.5) is 19.0 Å². The van der Waals surface area contributed by atoms with E-state index >= 15 is 0 Å². The summed E-state index contributed by atoms with van der Waals surface area (Å²) in [5, 5.41) is 7.61. The molecule has 2 aromatic heterocycles. The molecule has 18 heavy (non-hydrogen) atoms. The highest BCUT2D eigenvalue weighted by atomic mass is 35.5. The number of carboxylic acids is 1. The Labute approximate surface area is 104 Å². The lowest BCUT2D eigenvalue weighted by Gasteiger charge is -1.96. The Morgan fingerprint density at radius 2 is 2.00 bits per heavy atom. The molecule has 2 rings (SSSR count). The number of hydrogen-bond donors (Lipinski definition) is 2. The molecule has 2 heterocycles. The van der Waals surface area contributed by atoms with Crippen LogP contribution in [-0.2, 0) is 4.79 Å². The average molecular weight is 282 g/mol. The van der Waals surface area contributed by atoms with E-state index < -0.39 is 12.1 Å². The van der Waals surface area contributed by atoms with Crippen LogP contribution in [0.5, 0.6) is 0 Å². The number of aliphatic carboxylic acids is 1. The number of nitrogen functional groups attached to an aromatic ring is 1. The number of aromatic nitrogens is 2. The Morgan fingerprint density at radius 1 is 1.44 bits per heavy atom. The van der Waals surface area contributed by atoms with E-state index in [0.29, 0.717) is 11.0 Å². The summed E-state index contributed by atoms with van der Waals surface area (Å²) in [6.07, 6.45) is -3.48. The first-order valence-electron chi connectivity index (χ1n) is 4.40. The van der Waals surface area contributed by atoms with Crippen LogP contribution in [0.2, 0.25) is 5.15 Å². The lowest BCUT2D eigenvalue weighted by atomic mass is 10.4. The zero-order valence-electron chi connectivity index (χ0n) is 8.65. The van der Waals surface area contributed by atoms with Crippen molar-refractivity contribution in [1.29, 1.82) is 0 Å². The standard InChI is InChI=1S/C7H6ClN3.C2HF3O2/c8-7-5-2-1-3-6(9)11(5)4-10-7;3-2(4,5)1(6)7/h1-4H,9H2;(H,6,7). The molecule has 3 N–H and O–H groups in total. The van der Waals surface area contributed by atoms with Gasteiger partial charge in [0.2, 0.25) is 0 Å². The molecule has 0 atom stereocenters. The first-order chi connectivity index (χ1) is 8.23. The molecular weight excluding hydrogens is 275 g/mol. The number of fused-ring (bicyclic) bond motifs is 1. The van der Waals surface area contributed by atoms with E-state index in [0.717, 1.165) is 5.52 Å².